The molecule has 0 radical (unpaired) electrons. The van der Waals surface area contributed by atoms with Crippen LogP contribution in [-0.2, 0) is 4.79 Å². The highest BCUT2D eigenvalue weighted by atomic mass is 35.5. The number of anilines is 3. The molecular weight excluding hydrogens is 417 g/mol. The second-order valence-electron chi connectivity index (χ2n) is 7.33. The van der Waals surface area contributed by atoms with Gasteiger partial charge >= 0.3 is 0 Å². The van der Waals surface area contributed by atoms with Gasteiger partial charge in [0, 0.05) is 30.6 Å². The summed E-state index contributed by atoms with van der Waals surface area (Å²) in [5.41, 5.74) is 1.80. The first kappa shape index (κ1) is 20.5. The summed E-state index contributed by atoms with van der Waals surface area (Å²) in [6, 6.07) is 8.73. The number of alkyl halides is 2. The molecule has 2 aromatic carbocycles. The summed E-state index contributed by atoms with van der Waals surface area (Å²) in [4.78, 5) is 19.6. The monoisotopic (exact) mass is 436 g/mol. The van der Waals surface area contributed by atoms with E-state index in [1.54, 1.807) is 23.1 Å². The van der Waals surface area contributed by atoms with Gasteiger partial charge in [-0.3, -0.25) is 9.79 Å². The Morgan fingerprint density at radius 3 is 2.73 bits per heavy atom. The van der Waals surface area contributed by atoms with Crippen molar-refractivity contribution in [3.63, 3.8) is 0 Å². The van der Waals surface area contributed by atoms with Gasteiger partial charge in [-0.25, -0.2) is 13.2 Å². The maximum absolute atomic E-state index is 14.0. The number of fused-ring (bicyclic) bond motifs is 2. The molecule has 0 spiro atoms. The molecule has 0 unspecified atom stereocenters. The van der Waals surface area contributed by atoms with Gasteiger partial charge in [0.2, 0.25) is 5.91 Å². The number of hydrogen-bond donors (Lipinski definition) is 1. The predicted molar refractivity (Wildman–Crippen MR) is 112 cm³/mol. The molecule has 4 rings (SSSR count). The molecule has 1 atom stereocenters. The minimum atomic E-state index is -2.61. The van der Waals surface area contributed by atoms with Gasteiger partial charge in [-0.15, -0.1) is 0 Å². The van der Waals surface area contributed by atoms with E-state index in [4.69, 9.17) is 16.6 Å². The molecule has 9 heteroatoms. The first-order valence-electron chi connectivity index (χ1n) is 9.57. The van der Waals surface area contributed by atoms with Crippen LogP contribution in [0, 0.1) is 5.82 Å². The minimum Gasteiger partial charge on any atom is -0.341 e. The molecule has 1 saturated heterocycles. The van der Waals surface area contributed by atoms with Crippen molar-refractivity contribution in [2.75, 3.05) is 29.9 Å². The molecule has 0 bridgehead atoms. The predicted octanol–water partition coefficient (Wildman–Crippen LogP) is 4.68. The zero-order chi connectivity index (χ0) is 21.4. The maximum Gasteiger partial charge on any atom is 0.256 e. The Labute approximate surface area is 177 Å². The molecular formula is C21H20ClF3N4O. The van der Waals surface area contributed by atoms with Crippen LogP contribution in [-0.4, -0.2) is 48.7 Å². The van der Waals surface area contributed by atoms with Crippen LogP contribution in [0.2, 0.25) is 5.02 Å². The topological polar surface area (TPSA) is 47.9 Å². The van der Waals surface area contributed by atoms with Gasteiger partial charge in [0.1, 0.15) is 11.7 Å². The SMILES string of the molecule is CC(=O)N1CC[C@H](N=C2Nc3cc(F)ccc3N(CC(F)F)c3ccc(Cl)cc32)C1. The normalized spacial score (nSPS) is 19.5. The number of nitrogens with zero attached hydrogens (tertiary/aromatic N) is 3. The molecule has 158 valence electrons. The number of halogens is 4. The van der Waals surface area contributed by atoms with E-state index in [0.717, 1.165) is 0 Å². The number of amidine groups is 1. The van der Waals surface area contributed by atoms with Gasteiger partial charge in [-0.2, -0.15) is 0 Å². The van der Waals surface area contributed by atoms with E-state index < -0.39 is 18.8 Å². The second kappa shape index (κ2) is 8.18. The van der Waals surface area contributed by atoms with Gasteiger partial charge < -0.3 is 15.1 Å². The molecule has 2 aliphatic heterocycles. The molecule has 1 fully saturated rings. The number of carbonyl (C=O) groups is 1. The van der Waals surface area contributed by atoms with Crippen LogP contribution in [0.15, 0.2) is 41.4 Å². The van der Waals surface area contributed by atoms with Crippen molar-refractivity contribution < 1.29 is 18.0 Å². The lowest BCUT2D eigenvalue weighted by molar-refractivity contribution is -0.127. The number of nitrogens with one attached hydrogen (secondary N) is 1. The standard InChI is InChI=1S/C21H20ClF3N4O/c1-12(30)28-7-6-15(10-28)26-21-16-8-13(22)2-4-18(16)29(11-20(24)25)19-5-3-14(23)9-17(19)27-21/h2-5,8-9,15,20H,6-7,10-11H2,1H3,(H,26,27)/t15-/m0/s1. The minimum absolute atomic E-state index is 0.0227. The van der Waals surface area contributed by atoms with Gasteiger partial charge in [0.05, 0.1) is 29.6 Å². The fraction of sp³-hybridized carbons (Fsp3) is 0.333. The van der Waals surface area contributed by atoms with Gasteiger partial charge in [0.25, 0.3) is 6.43 Å². The zero-order valence-electron chi connectivity index (χ0n) is 16.2. The molecule has 2 heterocycles. The summed E-state index contributed by atoms with van der Waals surface area (Å²) >= 11 is 6.20. The molecule has 1 N–H and O–H groups in total. The molecule has 0 aliphatic carbocycles. The van der Waals surface area contributed by atoms with Crippen molar-refractivity contribution in [2.45, 2.75) is 25.8 Å². The smallest absolute Gasteiger partial charge is 0.256 e. The number of carbonyl (C=O) groups excluding carboxylic acids is 1. The van der Waals surface area contributed by atoms with Crippen LogP contribution in [0.4, 0.5) is 30.2 Å². The van der Waals surface area contributed by atoms with Gasteiger partial charge in [0.15, 0.2) is 0 Å². The Morgan fingerprint density at radius 1 is 1.27 bits per heavy atom. The molecule has 5 nitrogen and oxygen atoms in total. The number of likely N-dealkylation sites (tertiary alicyclic amines) is 1. The quantitative estimate of drug-likeness (QED) is 0.760. The number of hydrogen-bond acceptors (Lipinski definition) is 3. The van der Waals surface area contributed by atoms with E-state index in [1.807, 2.05) is 0 Å². The molecule has 1 amide bonds. The van der Waals surface area contributed by atoms with E-state index in [-0.39, 0.29) is 11.9 Å². The lowest BCUT2D eigenvalue weighted by atomic mass is 10.1. The van der Waals surface area contributed by atoms with E-state index in [1.165, 1.54) is 30.0 Å². The number of aliphatic imine (C=N–C) groups is 1. The van der Waals surface area contributed by atoms with Crippen LogP contribution in [0.3, 0.4) is 0 Å². The lowest BCUT2D eigenvalue weighted by Crippen LogP contribution is -2.27. The van der Waals surface area contributed by atoms with Crippen LogP contribution >= 0.6 is 11.6 Å². The van der Waals surface area contributed by atoms with E-state index in [0.29, 0.717) is 53.0 Å². The molecule has 0 saturated carbocycles. The van der Waals surface area contributed by atoms with Crippen molar-refractivity contribution in [3.05, 3.63) is 52.8 Å². The zero-order valence-corrected chi connectivity index (χ0v) is 17.0. The van der Waals surface area contributed by atoms with Crippen LogP contribution in [0.25, 0.3) is 0 Å². The Balaban J connectivity index is 1.84. The van der Waals surface area contributed by atoms with Gasteiger partial charge in [-0.05, 0) is 42.8 Å². The van der Waals surface area contributed by atoms with Crippen molar-refractivity contribution in [2.24, 2.45) is 4.99 Å². The van der Waals surface area contributed by atoms with E-state index in [2.05, 4.69) is 5.32 Å². The van der Waals surface area contributed by atoms with Crippen molar-refractivity contribution >= 4 is 40.4 Å². The number of amides is 1. The summed E-state index contributed by atoms with van der Waals surface area (Å²) in [5, 5.41) is 3.54. The Bertz CT molecular complexity index is 1010. The molecule has 2 aromatic rings. The average molecular weight is 437 g/mol. The van der Waals surface area contributed by atoms with Crippen molar-refractivity contribution in [1.29, 1.82) is 0 Å². The van der Waals surface area contributed by atoms with Crippen molar-refractivity contribution in [3.8, 4) is 0 Å². The van der Waals surface area contributed by atoms with E-state index in [9.17, 15) is 18.0 Å². The van der Waals surface area contributed by atoms with Crippen LogP contribution in [0.5, 0.6) is 0 Å². The third-order valence-electron chi connectivity index (χ3n) is 5.25. The summed E-state index contributed by atoms with van der Waals surface area (Å²) in [6.45, 7) is 2.01. The fourth-order valence-electron chi connectivity index (χ4n) is 3.85. The van der Waals surface area contributed by atoms with Crippen molar-refractivity contribution in [1.82, 2.24) is 4.90 Å². The fourth-order valence-corrected chi connectivity index (χ4v) is 4.03. The number of rotatable bonds is 3. The maximum atomic E-state index is 14.0. The summed E-state index contributed by atoms with van der Waals surface area (Å²) in [7, 11) is 0. The molecule has 0 aromatic heterocycles. The Morgan fingerprint density at radius 2 is 2.03 bits per heavy atom. The molecule has 2 aliphatic rings. The third kappa shape index (κ3) is 4.09. The Kier molecular flexibility index (Phi) is 5.60. The largest absolute Gasteiger partial charge is 0.341 e. The number of benzene rings is 2. The summed E-state index contributed by atoms with van der Waals surface area (Å²) < 4.78 is 40.8. The third-order valence-corrected chi connectivity index (χ3v) is 5.48. The average Bonchev–Trinajstić information content (AvgIpc) is 3.11. The highest BCUT2D eigenvalue weighted by Gasteiger charge is 2.29. The van der Waals surface area contributed by atoms with Gasteiger partial charge in [-0.1, -0.05) is 11.6 Å². The Hall–Kier alpha value is -2.74. The first-order chi connectivity index (χ1) is 14.3. The summed E-state index contributed by atoms with van der Waals surface area (Å²) in [5.74, 6) is -0.109. The second-order valence-corrected chi connectivity index (χ2v) is 7.77. The summed E-state index contributed by atoms with van der Waals surface area (Å²) in [6.07, 6.45) is -1.93. The molecule has 30 heavy (non-hydrogen) atoms. The first-order valence-corrected chi connectivity index (χ1v) is 9.95. The van der Waals surface area contributed by atoms with E-state index >= 15 is 0 Å². The van der Waals surface area contributed by atoms with Crippen LogP contribution in [0.1, 0.15) is 18.9 Å². The highest BCUT2D eigenvalue weighted by Crippen LogP contribution is 2.40. The highest BCUT2D eigenvalue weighted by molar-refractivity contribution is 6.31. The van der Waals surface area contributed by atoms with Crippen LogP contribution < -0.4 is 10.2 Å². The lowest BCUT2D eigenvalue weighted by Gasteiger charge is -2.25.